The van der Waals surface area contributed by atoms with Gasteiger partial charge in [0.15, 0.2) is 0 Å². The second kappa shape index (κ2) is 7.87. The number of ether oxygens (including phenoxy) is 1. The van der Waals surface area contributed by atoms with Gasteiger partial charge in [-0.25, -0.2) is 0 Å². The lowest BCUT2D eigenvalue weighted by atomic mass is 10.0. The molecule has 6 nitrogen and oxygen atoms in total. The van der Waals surface area contributed by atoms with Crippen LogP contribution in [-0.4, -0.2) is 59.1 Å². The molecule has 0 spiro atoms. The maximum Gasteiger partial charge on any atom is 0.320 e. The van der Waals surface area contributed by atoms with E-state index in [1.54, 1.807) is 4.90 Å². The highest BCUT2D eigenvalue weighted by Crippen LogP contribution is 2.33. The topological polar surface area (TPSA) is 70.1 Å². The molecule has 0 aliphatic carbocycles. The van der Waals surface area contributed by atoms with Crippen LogP contribution in [0.3, 0.4) is 0 Å². The SMILES string of the molecule is CCOc1ccc([C@@H]2CCCN2C(=O)CN2CCC[C@@H]2C(=O)O)cc1. The third-order valence-electron chi connectivity index (χ3n) is 5.14. The number of likely N-dealkylation sites (tertiary alicyclic amines) is 2. The molecule has 2 aliphatic heterocycles. The van der Waals surface area contributed by atoms with E-state index < -0.39 is 12.0 Å². The molecule has 6 heteroatoms. The third kappa shape index (κ3) is 3.95. The van der Waals surface area contributed by atoms with E-state index in [4.69, 9.17) is 4.74 Å². The average molecular weight is 346 g/mol. The molecule has 0 unspecified atom stereocenters. The van der Waals surface area contributed by atoms with Gasteiger partial charge in [0.05, 0.1) is 19.2 Å². The molecule has 0 bridgehead atoms. The quantitative estimate of drug-likeness (QED) is 0.856. The highest BCUT2D eigenvalue weighted by Gasteiger charge is 2.35. The van der Waals surface area contributed by atoms with Crippen LogP contribution in [0.5, 0.6) is 5.75 Å². The van der Waals surface area contributed by atoms with Crippen molar-refractivity contribution in [1.29, 1.82) is 0 Å². The monoisotopic (exact) mass is 346 g/mol. The molecule has 3 rings (SSSR count). The standard InChI is InChI=1S/C19H26N2O4/c1-2-25-15-9-7-14(8-10-15)16-5-4-12-21(16)18(22)13-20-11-3-6-17(20)19(23)24/h7-10,16-17H,2-6,11-13H2,1H3,(H,23,24)/t16-,17+/m0/s1. The summed E-state index contributed by atoms with van der Waals surface area (Å²) in [7, 11) is 0. The number of nitrogens with zero attached hydrogens (tertiary/aromatic N) is 2. The van der Waals surface area contributed by atoms with Gasteiger partial charge in [-0.1, -0.05) is 12.1 Å². The Morgan fingerprint density at radius 3 is 2.56 bits per heavy atom. The minimum absolute atomic E-state index is 0.0320. The first-order valence-corrected chi connectivity index (χ1v) is 9.09. The number of aliphatic carboxylic acids is 1. The van der Waals surface area contributed by atoms with Crippen LogP contribution < -0.4 is 4.74 Å². The van der Waals surface area contributed by atoms with E-state index in [-0.39, 0.29) is 18.5 Å². The fourth-order valence-electron chi connectivity index (χ4n) is 3.92. The predicted molar refractivity (Wildman–Crippen MR) is 93.5 cm³/mol. The number of rotatable bonds is 6. The van der Waals surface area contributed by atoms with E-state index in [1.807, 2.05) is 36.1 Å². The van der Waals surface area contributed by atoms with Crippen LogP contribution in [0.1, 0.15) is 44.2 Å². The Morgan fingerprint density at radius 1 is 1.16 bits per heavy atom. The smallest absolute Gasteiger partial charge is 0.320 e. The summed E-state index contributed by atoms with van der Waals surface area (Å²) in [6.07, 6.45) is 3.39. The maximum atomic E-state index is 12.8. The van der Waals surface area contributed by atoms with Gasteiger partial charge in [-0.3, -0.25) is 14.5 Å². The molecule has 2 heterocycles. The number of carbonyl (C=O) groups excluding carboxylic acids is 1. The molecule has 2 atom stereocenters. The van der Waals surface area contributed by atoms with Crippen LogP contribution in [0.4, 0.5) is 0 Å². The number of carboxylic acid groups (broad SMARTS) is 1. The molecule has 1 N–H and O–H groups in total. The van der Waals surface area contributed by atoms with Crippen LogP contribution in [0, 0.1) is 0 Å². The zero-order valence-electron chi connectivity index (χ0n) is 14.7. The van der Waals surface area contributed by atoms with Gasteiger partial charge in [0.25, 0.3) is 0 Å². The zero-order chi connectivity index (χ0) is 17.8. The van der Waals surface area contributed by atoms with E-state index in [0.29, 0.717) is 19.6 Å². The van der Waals surface area contributed by atoms with Gasteiger partial charge >= 0.3 is 5.97 Å². The minimum atomic E-state index is -0.824. The first kappa shape index (κ1) is 17.7. The van der Waals surface area contributed by atoms with E-state index in [0.717, 1.165) is 37.1 Å². The van der Waals surface area contributed by atoms with Gasteiger partial charge in [0.1, 0.15) is 11.8 Å². The Morgan fingerprint density at radius 2 is 1.88 bits per heavy atom. The Labute approximate surface area is 148 Å². The molecule has 1 aromatic rings. The van der Waals surface area contributed by atoms with Crippen molar-refractivity contribution >= 4 is 11.9 Å². The second-order valence-electron chi connectivity index (χ2n) is 6.71. The number of amides is 1. The molecule has 2 aliphatic rings. The summed E-state index contributed by atoms with van der Waals surface area (Å²) in [5, 5.41) is 9.28. The van der Waals surface area contributed by atoms with Crippen molar-refractivity contribution in [3.63, 3.8) is 0 Å². The lowest BCUT2D eigenvalue weighted by Crippen LogP contribution is -2.44. The van der Waals surface area contributed by atoms with Gasteiger partial charge < -0.3 is 14.7 Å². The Bertz CT molecular complexity index is 616. The third-order valence-corrected chi connectivity index (χ3v) is 5.14. The van der Waals surface area contributed by atoms with E-state index >= 15 is 0 Å². The number of carbonyl (C=O) groups is 2. The number of carboxylic acids is 1. The van der Waals surface area contributed by atoms with Crippen LogP contribution >= 0.6 is 0 Å². The number of hydrogen-bond donors (Lipinski definition) is 1. The van der Waals surface area contributed by atoms with Crippen molar-refractivity contribution < 1.29 is 19.4 Å². The van der Waals surface area contributed by atoms with E-state index in [9.17, 15) is 14.7 Å². The van der Waals surface area contributed by atoms with Gasteiger partial charge in [-0.2, -0.15) is 0 Å². The molecule has 0 aromatic heterocycles. The average Bonchev–Trinajstić information content (AvgIpc) is 3.25. The molecule has 2 saturated heterocycles. The number of hydrogen-bond acceptors (Lipinski definition) is 4. The molecule has 0 radical (unpaired) electrons. The van der Waals surface area contributed by atoms with E-state index in [2.05, 4.69) is 0 Å². The minimum Gasteiger partial charge on any atom is -0.494 e. The second-order valence-corrected chi connectivity index (χ2v) is 6.71. The van der Waals surface area contributed by atoms with Gasteiger partial charge in [0, 0.05) is 6.54 Å². The summed E-state index contributed by atoms with van der Waals surface area (Å²) < 4.78 is 5.48. The number of benzene rings is 1. The van der Waals surface area contributed by atoms with Gasteiger partial charge in [-0.15, -0.1) is 0 Å². The molecule has 0 saturated carbocycles. The molecular weight excluding hydrogens is 320 g/mol. The van der Waals surface area contributed by atoms with E-state index in [1.165, 1.54) is 0 Å². The Balaban J connectivity index is 1.66. The molecule has 25 heavy (non-hydrogen) atoms. The van der Waals surface area contributed by atoms with Gasteiger partial charge in [0.2, 0.25) is 5.91 Å². The van der Waals surface area contributed by atoms with Crippen molar-refractivity contribution in [2.24, 2.45) is 0 Å². The Kier molecular flexibility index (Phi) is 5.58. The highest BCUT2D eigenvalue weighted by atomic mass is 16.5. The molecular formula is C19H26N2O4. The van der Waals surface area contributed by atoms with Crippen molar-refractivity contribution in [3.05, 3.63) is 29.8 Å². The van der Waals surface area contributed by atoms with Crippen LogP contribution in [0.25, 0.3) is 0 Å². The summed E-state index contributed by atoms with van der Waals surface area (Å²) in [5.41, 5.74) is 1.12. The summed E-state index contributed by atoms with van der Waals surface area (Å²) >= 11 is 0. The first-order valence-electron chi connectivity index (χ1n) is 9.09. The van der Waals surface area contributed by atoms with Crippen molar-refractivity contribution in [2.75, 3.05) is 26.2 Å². The summed E-state index contributed by atoms with van der Waals surface area (Å²) in [5.74, 6) is 0.0443. The fraction of sp³-hybridized carbons (Fsp3) is 0.579. The molecule has 1 aromatic carbocycles. The normalized spacial score (nSPS) is 23.8. The van der Waals surface area contributed by atoms with Crippen molar-refractivity contribution in [1.82, 2.24) is 9.80 Å². The fourth-order valence-corrected chi connectivity index (χ4v) is 3.92. The molecule has 1 amide bonds. The largest absolute Gasteiger partial charge is 0.494 e. The summed E-state index contributed by atoms with van der Waals surface area (Å²) in [6.45, 7) is 4.21. The summed E-state index contributed by atoms with van der Waals surface area (Å²) in [6, 6.07) is 7.50. The zero-order valence-corrected chi connectivity index (χ0v) is 14.7. The summed E-state index contributed by atoms with van der Waals surface area (Å²) in [4.78, 5) is 27.8. The first-order chi connectivity index (χ1) is 12.1. The molecule has 2 fully saturated rings. The maximum absolute atomic E-state index is 12.8. The van der Waals surface area contributed by atoms with Crippen molar-refractivity contribution in [3.8, 4) is 5.75 Å². The highest BCUT2D eigenvalue weighted by molar-refractivity contribution is 5.81. The lowest BCUT2D eigenvalue weighted by molar-refractivity contribution is -0.143. The molecule has 136 valence electrons. The lowest BCUT2D eigenvalue weighted by Gasteiger charge is -2.28. The van der Waals surface area contributed by atoms with Crippen molar-refractivity contribution in [2.45, 2.75) is 44.7 Å². The van der Waals surface area contributed by atoms with Gasteiger partial charge in [-0.05, 0) is 56.8 Å². The van der Waals surface area contributed by atoms with Crippen LogP contribution in [-0.2, 0) is 9.59 Å². The predicted octanol–water partition coefficient (Wildman–Crippen LogP) is 2.30. The van der Waals surface area contributed by atoms with Crippen LogP contribution in [0.2, 0.25) is 0 Å². The van der Waals surface area contributed by atoms with Crippen LogP contribution in [0.15, 0.2) is 24.3 Å². The Hall–Kier alpha value is -2.08.